The van der Waals surface area contributed by atoms with Crippen LogP contribution >= 0.6 is 11.3 Å². The quantitative estimate of drug-likeness (QED) is 0.183. The smallest absolute Gasteiger partial charge is 0.166 e. The molecule has 0 radical (unpaired) electrons. The normalized spacial score (nSPS) is 16.1. The van der Waals surface area contributed by atoms with Crippen molar-refractivity contribution in [1.82, 2.24) is 19.5 Å². The Balaban J connectivity index is 1.39. The lowest BCUT2D eigenvalue weighted by Crippen LogP contribution is -2.04. The summed E-state index contributed by atoms with van der Waals surface area (Å²) in [6, 6.07) is 12.3. The highest BCUT2D eigenvalue weighted by Crippen LogP contribution is 2.42. The number of hydrogen-bond donors (Lipinski definition) is 0. The van der Waals surface area contributed by atoms with Crippen LogP contribution in [-0.4, -0.2) is 19.5 Å². The summed E-state index contributed by atoms with van der Waals surface area (Å²) in [6.07, 6.45) is 0. The molecule has 3 heterocycles. The molecule has 0 aliphatic heterocycles. The fraction of sp³-hybridized carbons (Fsp3) is 0. The molecular weight excluding hydrogens is 629 g/mol. The van der Waals surface area contributed by atoms with Gasteiger partial charge in [-0.05, 0) is 41.4 Å². The molecule has 7 aromatic carbocycles. The van der Waals surface area contributed by atoms with Crippen molar-refractivity contribution in [1.29, 1.82) is 0 Å². The molecule has 4 nitrogen and oxygen atoms in total. The molecule has 0 unspecified atom stereocenters. The van der Waals surface area contributed by atoms with Crippen LogP contribution in [0.1, 0.15) is 21.9 Å². The minimum atomic E-state index is -0.714. The minimum Gasteiger partial charge on any atom is -0.308 e. The van der Waals surface area contributed by atoms with Gasteiger partial charge in [0, 0.05) is 47.6 Å². The lowest BCUT2D eigenvalue weighted by molar-refractivity contribution is 1.06. The number of fused-ring (bicyclic) bond motifs is 6. The van der Waals surface area contributed by atoms with Crippen LogP contribution in [0.4, 0.5) is 0 Å². The molecule has 0 atom stereocenters. The standard InChI is InChI=1S/C45H28N4S/c1-3-14-29(15-4-1)43-46-44(30-16-5-2-6-17-30)48-45(47-43)37-27-26-31(32-21-13-22-36-35-20-9-12-25-41(35)50-42(32)36)28-40(37)49-38-23-10-7-18-33(38)34-19-8-11-24-39(34)49/h1-28H/i1D,2D,3D,4D,5D,6D,7D,8D,14D,15D,16D,17D,18D,19D,23D,24D. The molecule has 0 amide bonds. The van der Waals surface area contributed by atoms with E-state index in [0.717, 1.165) is 37.9 Å². The van der Waals surface area contributed by atoms with E-state index in [9.17, 15) is 2.74 Å². The van der Waals surface area contributed by atoms with Crippen LogP contribution in [0, 0.1) is 0 Å². The van der Waals surface area contributed by atoms with Crippen molar-refractivity contribution < 1.29 is 21.9 Å². The fourth-order valence-corrected chi connectivity index (χ4v) is 7.48. The van der Waals surface area contributed by atoms with Gasteiger partial charge in [0.2, 0.25) is 0 Å². The van der Waals surface area contributed by atoms with Gasteiger partial charge in [-0.15, -0.1) is 11.3 Å². The Labute approximate surface area is 315 Å². The molecule has 0 N–H and O–H groups in total. The maximum Gasteiger partial charge on any atom is 0.166 e. The summed E-state index contributed by atoms with van der Waals surface area (Å²) in [5, 5.41) is 1.94. The van der Waals surface area contributed by atoms with Crippen LogP contribution in [0.5, 0.6) is 0 Å². The maximum absolute atomic E-state index is 9.27. The molecule has 0 saturated heterocycles. The van der Waals surface area contributed by atoms with Crippen molar-refractivity contribution in [2.75, 3.05) is 0 Å². The highest BCUT2D eigenvalue weighted by molar-refractivity contribution is 7.26. The lowest BCUT2D eigenvalue weighted by Gasteiger charge is -2.16. The van der Waals surface area contributed by atoms with Crippen molar-refractivity contribution in [3.63, 3.8) is 0 Å². The third-order valence-corrected chi connectivity index (χ3v) is 9.62. The Morgan fingerprint density at radius 2 is 1.08 bits per heavy atom. The van der Waals surface area contributed by atoms with Gasteiger partial charge in [0.05, 0.1) is 38.7 Å². The number of thiophene rings is 1. The van der Waals surface area contributed by atoms with Gasteiger partial charge < -0.3 is 4.57 Å². The van der Waals surface area contributed by atoms with E-state index in [1.807, 2.05) is 42.5 Å². The van der Waals surface area contributed by atoms with Gasteiger partial charge >= 0.3 is 0 Å². The summed E-state index contributed by atoms with van der Waals surface area (Å²) >= 11 is 1.57. The average Bonchev–Trinajstić information content (AvgIpc) is 3.88. The number of para-hydroxylation sites is 2. The van der Waals surface area contributed by atoms with E-state index in [2.05, 4.69) is 4.98 Å². The summed E-state index contributed by atoms with van der Waals surface area (Å²) in [5.41, 5.74) is 0.644. The van der Waals surface area contributed by atoms with Gasteiger partial charge in [-0.3, -0.25) is 0 Å². The van der Waals surface area contributed by atoms with Crippen molar-refractivity contribution >= 4 is 53.3 Å². The predicted molar refractivity (Wildman–Crippen MR) is 209 cm³/mol. The molecule has 0 aliphatic carbocycles. The van der Waals surface area contributed by atoms with Crippen LogP contribution in [-0.2, 0) is 0 Å². The molecule has 10 rings (SSSR count). The summed E-state index contributed by atoms with van der Waals surface area (Å²) < 4.78 is 143. The number of aromatic nitrogens is 4. The van der Waals surface area contributed by atoms with E-state index >= 15 is 0 Å². The number of nitrogens with zero attached hydrogens (tertiary/aromatic N) is 4. The molecule has 234 valence electrons. The van der Waals surface area contributed by atoms with E-state index in [-0.39, 0.29) is 75.1 Å². The Morgan fingerprint density at radius 3 is 1.76 bits per heavy atom. The van der Waals surface area contributed by atoms with Gasteiger partial charge in [-0.1, -0.05) is 139 Å². The number of rotatable bonds is 5. The van der Waals surface area contributed by atoms with Crippen LogP contribution < -0.4 is 0 Å². The number of hydrogen-bond acceptors (Lipinski definition) is 4. The van der Waals surface area contributed by atoms with E-state index in [1.165, 1.54) is 4.57 Å². The first-order valence-corrected chi connectivity index (χ1v) is 16.2. The molecule has 0 aliphatic rings. The largest absolute Gasteiger partial charge is 0.308 e. The predicted octanol–water partition coefficient (Wildman–Crippen LogP) is 12.0. The van der Waals surface area contributed by atoms with E-state index < -0.39 is 83.2 Å². The van der Waals surface area contributed by atoms with Gasteiger partial charge in [0.25, 0.3) is 0 Å². The Kier molecular flexibility index (Phi) is 3.90. The fourth-order valence-electron chi connectivity index (χ4n) is 6.25. The first-order chi connectivity index (χ1) is 31.4. The number of benzene rings is 7. The molecule has 3 aromatic heterocycles. The van der Waals surface area contributed by atoms with Crippen LogP contribution in [0.2, 0.25) is 0 Å². The first kappa shape index (κ1) is 16.8. The van der Waals surface area contributed by atoms with E-state index in [4.69, 9.17) is 29.2 Å². The Morgan fingerprint density at radius 1 is 0.460 bits per heavy atom. The van der Waals surface area contributed by atoms with Crippen molar-refractivity contribution in [3.8, 4) is 51.0 Å². The van der Waals surface area contributed by atoms with Gasteiger partial charge in [-0.25, -0.2) is 15.0 Å². The van der Waals surface area contributed by atoms with Crippen LogP contribution in [0.25, 0.3) is 93.0 Å². The van der Waals surface area contributed by atoms with Crippen molar-refractivity contribution in [2.45, 2.75) is 0 Å². The van der Waals surface area contributed by atoms with Gasteiger partial charge in [0.15, 0.2) is 17.5 Å². The zero-order chi connectivity index (χ0) is 46.9. The monoisotopic (exact) mass is 672 g/mol. The highest BCUT2D eigenvalue weighted by atomic mass is 32.1. The Hall–Kier alpha value is -6.43. The molecule has 0 fully saturated rings. The first-order valence-electron chi connectivity index (χ1n) is 23.4. The maximum atomic E-state index is 9.27. The van der Waals surface area contributed by atoms with Crippen molar-refractivity contribution in [2.24, 2.45) is 0 Å². The summed E-state index contributed by atoms with van der Waals surface area (Å²) in [5.74, 6) is -1.31. The molecule has 0 saturated carbocycles. The third kappa shape index (κ3) is 4.63. The topological polar surface area (TPSA) is 43.6 Å². The average molecular weight is 673 g/mol. The molecule has 0 bridgehead atoms. The third-order valence-electron chi connectivity index (χ3n) is 8.40. The van der Waals surface area contributed by atoms with E-state index in [1.54, 1.807) is 29.5 Å². The van der Waals surface area contributed by atoms with Gasteiger partial charge in [-0.2, -0.15) is 0 Å². The molecule has 50 heavy (non-hydrogen) atoms. The highest BCUT2D eigenvalue weighted by Gasteiger charge is 2.21. The second-order valence-corrected chi connectivity index (χ2v) is 12.3. The van der Waals surface area contributed by atoms with Gasteiger partial charge in [0.1, 0.15) is 0 Å². The second kappa shape index (κ2) is 11.6. The van der Waals surface area contributed by atoms with E-state index in [0.29, 0.717) is 5.56 Å². The zero-order valence-electron chi connectivity index (χ0n) is 41.6. The molecule has 0 spiro atoms. The summed E-state index contributed by atoms with van der Waals surface area (Å²) in [4.78, 5) is 13.8. The summed E-state index contributed by atoms with van der Waals surface area (Å²) in [6.45, 7) is 0. The zero-order valence-corrected chi connectivity index (χ0v) is 26.4. The molecule has 10 aromatic rings. The van der Waals surface area contributed by atoms with Crippen LogP contribution in [0.15, 0.2) is 169 Å². The lowest BCUT2D eigenvalue weighted by atomic mass is 9.99. The molecular formula is C45H28N4S. The second-order valence-electron chi connectivity index (χ2n) is 11.2. The summed E-state index contributed by atoms with van der Waals surface area (Å²) in [7, 11) is 0. The Bertz CT molecular complexity index is 3590. The van der Waals surface area contributed by atoms with Crippen molar-refractivity contribution in [3.05, 3.63) is 169 Å². The molecule has 5 heteroatoms. The van der Waals surface area contributed by atoms with Crippen LogP contribution in [0.3, 0.4) is 0 Å². The minimum absolute atomic E-state index is 0.00260. The SMILES string of the molecule is [2H]c1cc([2H])c2c(c1[2H])c1c([2H])c([2H])cc([2H])c1n2-c1cc(-c2cccc3c2sc2ccccc23)ccc1-c1nc(-c2c([2H])c([2H])c([2H])c([2H])c2[2H])nc(-c2c([2H])c([2H])c([2H])c([2H])c2[2H])n1.